The normalized spacial score (nSPS) is 17.3. The molecule has 1 aliphatic rings. The monoisotopic (exact) mass is 367 g/mol. The van der Waals surface area contributed by atoms with Crippen LogP contribution >= 0.6 is 0 Å². The Bertz CT molecular complexity index is 710. The highest BCUT2D eigenvalue weighted by atomic mass is 32.2. The Hall–Kier alpha value is -1.60. The Morgan fingerprint density at radius 1 is 1.12 bits per heavy atom. The number of nitrogens with zero attached hydrogens (tertiary/aromatic N) is 1. The average molecular weight is 368 g/mol. The SMILES string of the molecule is Cc1ccc(N[C@H](C)C(=O)NC(C)C)cc1S(=O)(=O)N1CCCCC1. The fourth-order valence-corrected chi connectivity index (χ4v) is 4.71. The maximum atomic E-state index is 12.9. The first-order valence-corrected chi connectivity index (χ1v) is 10.3. The highest BCUT2D eigenvalue weighted by Crippen LogP contribution is 2.26. The molecule has 6 nitrogen and oxygen atoms in total. The van der Waals surface area contributed by atoms with Crippen LogP contribution in [-0.4, -0.2) is 43.8 Å². The van der Waals surface area contributed by atoms with Crippen LogP contribution in [0.1, 0.15) is 45.6 Å². The molecule has 0 bridgehead atoms. The van der Waals surface area contributed by atoms with Gasteiger partial charge in [0.1, 0.15) is 6.04 Å². The molecular weight excluding hydrogens is 338 g/mol. The summed E-state index contributed by atoms with van der Waals surface area (Å²) in [6.45, 7) is 8.52. The van der Waals surface area contributed by atoms with Crippen molar-refractivity contribution in [1.82, 2.24) is 9.62 Å². The zero-order chi connectivity index (χ0) is 18.6. The molecule has 0 saturated carbocycles. The first-order chi connectivity index (χ1) is 11.7. The van der Waals surface area contributed by atoms with Crippen LogP contribution in [0.2, 0.25) is 0 Å². The molecule has 1 heterocycles. The Labute approximate surface area is 151 Å². The zero-order valence-corrected chi connectivity index (χ0v) is 16.3. The third-order valence-corrected chi connectivity index (χ3v) is 6.37. The van der Waals surface area contributed by atoms with E-state index in [0.29, 0.717) is 23.7 Å². The van der Waals surface area contributed by atoms with E-state index in [4.69, 9.17) is 0 Å². The van der Waals surface area contributed by atoms with Crippen molar-refractivity contribution in [3.8, 4) is 0 Å². The number of benzene rings is 1. The van der Waals surface area contributed by atoms with Gasteiger partial charge in [0.05, 0.1) is 4.90 Å². The van der Waals surface area contributed by atoms with Gasteiger partial charge in [-0.3, -0.25) is 4.79 Å². The molecule has 25 heavy (non-hydrogen) atoms. The number of amides is 1. The van der Waals surface area contributed by atoms with E-state index in [1.54, 1.807) is 30.3 Å². The third kappa shape index (κ3) is 4.95. The molecule has 1 aliphatic heterocycles. The van der Waals surface area contributed by atoms with Gasteiger partial charge in [-0.15, -0.1) is 0 Å². The molecule has 0 spiro atoms. The summed E-state index contributed by atoms with van der Waals surface area (Å²) >= 11 is 0. The molecule has 0 aromatic heterocycles. The first kappa shape index (κ1) is 19.7. The number of carbonyl (C=O) groups is 1. The summed E-state index contributed by atoms with van der Waals surface area (Å²) in [5, 5.41) is 5.94. The number of hydrogen-bond acceptors (Lipinski definition) is 4. The van der Waals surface area contributed by atoms with Crippen LogP contribution in [0.5, 0.6) is 0 Å². The Morgan fingerprint density at radius 2 is 1.76 bits per heavy atom. The van der Waals surface area contributed by atoms with Gasteiger partial charge in [-0.1, -0.05) is 12.5 Å². The van der Waals surface area contributed by atoms with Crippen LogP contribution in [0, 0.1) is 6.92 Å². The van der Waals surface area contributed by atoms with Gasteiger partial charge in [0, 0.05) is 24.8 Å². The highest BCUT2D eigenvalue weighted by molar-refractivity contribution is 7.89. The maximum Gasteiger partial charge on any atom is 0.243 e. The molecule has 1 aromatic carbocycles. The van der Waals surface area contributed by atoms with E-state index < -0.39 is 16.1 Å². The molecule has 0 unspecified atom stereocenters. The van der Waals surface area contributed by atoms with Gasteiger partial charge in [-0.2, -0.15) is 4.31 Å². The molecule has 2 rings (SSSR count). The van der Waals surface area contributed by atoms with Crippen molar-refractivity contribution in [2.45, 2.75) is 63.9 Å². The number of carbonyl (C=O) groups excluding carboxylic acids is 1. The lowest BCUT2D eigenvalue weighted by atomic mass is 10.2. The summed E-state index contributed by atoms with van der Waals surface area (Å²) in [7, 11) is -3.50. The zero-order valence-electron chi connectivity index (χ0n) is 15.5. The van der Waals surface area contributed by atoms with Crippen LogP contribution in [0.25, 0.3) is 0 Å². The molecule has 0 aliphatic carbocycles. The molecule has 140 valence electrons. The van der Waals surface area contributed by atoms with Crippen molar-refractivity contribution in [2.75, 3.05) is 18.4 Å². The number of anilines is 1. The van der Waals surface area contributed by atoms with E-state index in [1.807, 2.05) is 19.9 Å². The lowest BCUT2D eigenvalue weighted by molar-refractivity contribution is -0.122. The molecule has 0 radical (unpaired) electrons. The number of aryl methyl sites for hydroxylation is 1. The Kier molecular flexibility index (Phi) is 6.46. The number of piperidine rings is 1. The van der Waals surface area contributed by atoms with Crippen LogP contribution < -0.4 is 10.6 Å². The van der Waals surface area contributed by atoms with Gasteiger partial charge >= 0.3 is 0 Å². The molecule has 1 saturated heterocycles. The maximum absolute atomic E-state index is 12.9. The number of rotatable bonds is 6. The third-order valence-electron chi connectivity index (χ3n) is 4.33. The largest absolute Gasteiger partial charge is 0.374 e. The van der Waals surface area contributed by atoms with E-state index in [-0.39, 0.29) is 11.9 Å². The second-order valence-corrected chi connectivity index (χ2v) is 8.88. The van der Waals surface area contributed by atoms with Crippen molar-refractivity contribution in [3.63, 3.8) is 0 Å². The predicted molar refractivity (Wildman–Crippen MR) is 100 cm³/mol. The molecular formula is C18H29N3O3S. The lowest BCUT2D eigenvalue weighted by Gasteiger charge is -2.27. The van der Waals surface area contributed by atoms with Gasteiger partial charge in [0.2, 0.25) is 15.9 Å². The lowest BCUT2D eigenvalue weighted by Crippen LogP contribution is -2.41. The standard InChI is InChI=1S/C18H29N3O3S/c1-13(2)19-18(22)15(4)20-16-9-8-14(3)17(12-16)25(23,24)21-10-6-5-7-11-21/h8-9,12-13,15,20H,5-7,10-11H2,1-4H3,(H,19,22)/t15-/m1/s1. The van der Waals surface area contributed by atoms with E-state index in [2.05, 4.69) is 10.6 Å². The second kappa shape index (κ2) is 8.19. The van der Waals surface area contributed by atoms with Gasteiger partial charge in [-0.05, 0) is 58.2 Å². The molecule has 1 fully saturated rings. The Balaban J connectivity index is 2.21. The minimum absolute atomic E-state index is 0.0600. The van der Waals surface area contributed by atoms with Crippen molar-refractivity contribution in [2.24, 2.45) is 0 Å². The van der Waals surface area contributed by atoms with Gasteiger partial charge < -0.3 is 10.6 Å². The Morgan fingerprint density at radius 3 is 2.36 bits per heavy atom. The number of nitrogens with one attached hydrogen (secondary N) is 2. The van der Waals surface area contributed by atoms with Crippen molar-refractivity contribution < 1.29 is 13.2 Å². The smallest absolute Gasteiger partial charge is 0.243 e. The fourth-order valence-electron chi connectivity index (χ4n) is 2.94. The summed E-state index contributed by atoms with van der Waals surface area (Å²) in [5.41, 5.74) is 1.35. The van der Waals surface area contributed by atoms with Gasteiger partial charge in [0.25, 0.3) is 0 Å². The van der Waals surface area contributed by atoms with Crippen LogP contribution in [-0.2, 0) is 14.8 Å². The summed E-state index contributed by atoms with van der Waals surface area (Å²) in [4.78, 5) is 12.4. The van der Waals surface area contributed by atoms with Crippen molar-refractivity contribution >= 4 is 21.6 Å². The van der Waals surface area contributed by atoms with Crippen LogP contribution in [0.3, 0.4) is 0 Å². The minimum Gasteiger partial charge on any atom is -0.374 e. The van der Waals surface area contributed by atoms with Gasteiger partial charge in [-0.25, -0.2) is 8.42 Å². The predicted octanol–water partition coefficient (Wildman–Crippen LogP) is 2.49. The van der Waals surface area contributed by atoms with E-state index in [9.17, 15) is 13.2 Å². The second-order valence-electron chi connectivity index (χ2n) is 6.97. The van der Waals surface area contributed by atoms with Crippen molar-refractivity contribution in [1.29, 1.82) is 0 Å². The quantitative estimate of drug-likeness (QED) is 0.810. The number of sulfonamides is 1. The van der Waals surface area contributed by atoms with Gasteiger partial charge in [0.15, 0.2) is 0 Å². The average Bonchev–Trinajstić information content (AvgIpc) is 2.56. The molecule has 1 atom stereocenters. The topological polar surface area (TPSA) is 78.5 Å². The minimum atomic E-state index is -3.50. The summed E-state index contributed by atoms with van der Waals surface area (Å²) in [6.07, 6.45) is 2.89. The molecule has 1 aromatic rings. The van der Waals surface area contributed by atoms with E-state index in [0.717, 1.165) is 24.8 Å². The van der Waals surface area contributed by atoms with Crippen LogP contribution in [0.4, 0.5) is 5.69 Å². The molecule has 2 N–H and O–H groups in total. The van der Waals surface area contributed by atoms with Crippen LogP contribution in [0.15, 0.2) is 23.1 Å². The first-order valence-electron chi connectivity index (χ1n) is 8.89. The summed E-state index contributed by atoms with van der Waals surface area (Å²) in [5.74, 6) is -0.115. The summed E-state index contributed by atoms with van der Waals surface area (Å²) < 4.78 is 27.5. The molecule has 7 heteroatoms. The summed E-state index contributed by atoms with van der Waals surface area (Å²) in [6, 6.07) is 4.84. The van der Waals surface area contributed by atoms with E-state index in [1.165, 1.54) is 0 Å². The van der Waals surface area contributed by atoms with E-state index >= 15 is 0 Å². The number of hydrogen-bond donors (Lipinski definition) is 2. The fraction of sp³-hybridized carbons (Fsp3) is 0.611. The molecule has 1 amide bonds. The highest BCUT2D eigenvalue weighted by Gasteiger charge is 2.27. The van der Waals surface area contributed by atoms with Crippen molar-refractivity contribution in [3.05, 3.63) is 23.8 Å².